The number of aryl methyl sites for hydroxylation is 3. The molecule has 1 aliphatic rings. The van der Waals surface area contributed by atoms with E-state index in [1.165, 1.54) is 5.56 Å². The molecule has 1 N–H and O–H groups in total. The summed E-state index contributed by atoms with van der Waals surface area (Å²) in [6.45, 7) is 1.96. The molecule has 0 saturated heterocycles. The topological polar surface area (TPSA) is 85.1 Å². The predicted molar refractivity (Wildman–Crippen MR) is 102 cm³/mol. The zero-order valence-corrected chi connectivity index (χ0v) is 15.9. The zero-order chi connectivity index (χ0) is 18.9. The van der Waals surface area contributed by atoms with Crippen molar-refractivity contribution in [2.45, 2.75) is 44.0 Å². The average Bonchev–Trinajstić information content (AvgIpc) is 3.16. The van der Waals surface area contributed by atoms with Crippen LogP contribution in [-0.2, 0) is 29.4 Å². The summed E-state index contributed by atoms with van der Waals surface area (Å²) < 4.78 is 32.9. The van der Waals surface area contributed by atoms with Crippen molar-refractivity contribution in [2.75, 3.05) is 0 Å². The smallest absolute Gasteiger partial charge is 0.242 e. The first-order valence-corrected chi connectivity index (χ1v) is 10.5. The van der Waals surface area contributed by atoms with E-state index in [2.05, 4.69) is 14.9 Å². The summed E-state index contributed by atoms with van der Waals surface area (Å²) in [5, 5.41) is 3.93. The van der Waals surface area contributed by atoms with Crippen LogP contribution < -0.4 is 4.72 Å². The lowest BCUT2D eigenvalue weighted by atomic mass is 9.92. The third-order valence-electron chi connectivity index (χ3n) is 4.82. The molecular formula is C20H21N3O3S. The van der Waals surface area contributed by atoms with Gasteiger partial charge in [-0.15, -0.1) is 0 Å². The summed E-state index contributed by atoms with van der Waals surface area (Å²) in [6, 6.07) is 13.1. The van der Waals surface area contributed by atoms with E-state index < -0.39 is 10.0 Å². The molecule has 1 aromatic heterocycles. The van der Waals surface area contributed by atoms with Gasteiger partial charge in [-0.1, -0.05) is 41.1 Å². The number of fused-ring (bicyclic) bond motifs is 1. The highest BCUT2D eigenvalue weighted by molar-refractivity contribution is 7.89. The summed E-state index contributed by atoms with van der Waals surface area (Å²) in [7, 11) is -3.63. The standard InChI is InChI=1S/C20H21N3O3S/c1-14-6-8-16(9-7-14)20-22-19(26-23-20)13-21-27(24,25)18-11-10-15-4-2-3-5-17(15)12-18/h6-12,21H,2-5,13H2,1H3. The molecule has 0 aliphatic heterocycles. The van der Waals surface area contributed by atoms with Gasteiger partial charge in [-0.25, -0.2) is 13.1 Å². The summed E-state index contributed by atoms with van der Waals surface area (Å²) in [5.41, 5.74) is 4.34. The molecule has 7 heteroatoms. The maximum absolute atomic E-state index is 12.6. The fourth-order valence-corrected chi connectivity index (χ4v) is 4.29. The van der Waals surface area contributed by atoms with Gasteiger partial charge in [0.1, 0.15) is 0 Å². The zero-order valence-electron chi connectivity index (χ0n) is 15.1. The van der Waals surface area contributed by atoms with Crippen molar-refractivity contribution in [3.63, 3.8) is 0 Å². The van der Waals surface area contributed by atoms with Crippen LogP contribution in [0.1, 0.15) is 35.4 Å². The first-order chi connectivity index (χ1) is 13.0. The normalized spacial score (nSPS) is 14.1. The lowest BCUT2D eigenvalue weighted by molar-refractivity contribution is 0.376. The molecule has 0 amide bonds. The minimum atomic E-state index is -3.63. The van der Waals surface area contributed by atoms with Crippen molar-refractivity contribution in [1.29, 1.82) is 0 Å². The molecule has 4 rings (SSSR count). The summed E-state index contributed by atoms with van der Waals surface area (Å²) in [5.74, 6) is 0.671. The molecule has 3 aromatic rings. The summed E-state index contributed by atoms with van der Waals surface area (Å²) in [4.78, 5) is 4.55. The Labute approximate surface area is 158 Å². The van der Waals surface area contributed by atoms with Gasteiger partial charge in [-0.3, -0.25) is 0 Å². The highest BCUT2D eigenvalue weighted by atomic mass is 32.2. The third kappa shape index (κ3) is 3.94. The second-order valence-corrected chi connectivity index (χ2v) is 8.61. The molecule has 140 valence electrons. The van der Waals surface area contributed by atoms with E-state index in [4.69, 9.17) is 4.52 Å². The molecule has 0 radical (unpaired) electrons. The maximum atomic E-state index is 12.6. The number of hydrogen-bond acceptors (Lipinski definition) is 5. The molecule has 1 aliphatic carbocycles. The second kappa shape index (κ2) is 7.25. The Hall–Kier alpha value is -2.51. The van der Waals surface area contributed by atoms with Crippen molar-refractivity contribution in [1.82, 2.24) is 14.9 Å². The Bertz CT molecular complexity index is 1060. The van der Waals surface area contributed by atoms with Crippen LogP contribution in [0.3, 0.4) is 0 Å². The van der Waals surface area contributed by atoms with E-state index in [-0.39, 0.29) is 17.3 Å². The summed E-state index contributed by atoms with van der Waals surface area (Å²) in [6.07, 6.45) is 4.22. The van der Waals surface area contributed by atoms with Gasteiger partial charge in [0.2, 0.25) is 21.7 Å². The highest BCUT2D eigenvalue weighted by Crippen LogP contribution is 2.24. The van der Waals surface area contributed by atoms with Crippen LogP contribution in [-0.4, -0.2) is 18.6 Å². The van der Waals surface area contributed by atoms with E-state index in [0.717, 1.165) is 42.4 Å². The van der Waals surface area contributed by atoms with Crippen molar-refractivity contribution in [2.24, 2.45) is 0 Å². The van der Waals surface area contributed by atoms with Crippen LogP contribution in [0.15, 0.2) is 51.9 Å². The lowest BCUT2D eigenvalue weighted by Crippen LogP contribution is -2.23. The molecule has 0 unspecified atom stereocenters. The van der Waals surface area contributed by atoms with E-state index in [1.807, 2.05) is 37.3 Å². The molecule has 0 bridgehead atoms. The Balaban J connectivity index is 1.47. The van der Waals surface area contributed by atoms with Crippen LogP contribution in [0.5, 0.6) is 0 Å². The molecular weight excluding hydrogens is 362 g/mol. The van der Waals surface area contributed by atoms with Crippen LogP contribution in [0.25, 0.3) is 11.4 Å². The van der Waals surface area contributed by atoms with Gasteiger partial charge in [-0.2, -0.15) is 4.98 Å². The van der Waals surface area contributed by atoms with Gasteiger partial charge in [0.05, 0.1) is 11.4 Å². The monoisotopic (exact) mass is 383 g/mol. The Morgan fingerprint density at radius 2 is 1.78 bits per heavy atom. The molecule has 6 nitrogen and oxygen atoms in total. The van der Waals surface area contributed by atoms with Gasteiger partial charge in [-0.05, 0) is 55.9 Å². The van der Waals surface area contributed by atoms with Gasteiger partial charge in [0, 0.05) is 5.56 Å². The highest BCUT2D eigenvalue weighted by Gasteiger charge is 2.19. The fourth-order valence-electron chi connectivity index (χ4n) is 3.26. The van der Waals surface area contributed by atoms with Crippen LogP contribution in [0.4, 0.5) is 0 Å². The number of nitrogens with zero attached hydrogens (tertiary/aromatic N) is 2. The number of sulfonamides is 1. The van der Waals surface area contributed by atoms with Gasteiger partial charge >= 0.3 is 0 Å². The van der Waals surface area contributed by atoms with Crippen LogP contribution >= 0.6 is 0 Å². The van der Waals surface area contributed by atoms with E-state index in [0.29, 0.717) is 5.82 Å². The second-order valence-electron chi connectivity index (χ2n) is 6.84. The van der Waals surface area contributed by atoms with Gasteiger partial charge in [0.25, 0.3) is 0 Å². The largest absolute Gasteiger partial charge is 0.338 e. The minimum absolute atomic E-state index is 0.0434. The molecule has 2 aromatic carbocycles. The molecule has 0 fully saturated rings. The van der Waals surface area contributed by atoms with E-state index in [9.17, 15) is 8.42 Å². The van der Waals surface area contributed by atoms with Crippen LogP contribution in [0, 0.1) is 6.92 Å². The average molecular weight is 383 g/mol. The molecule has 0 saturated carbocycles. The Morgan fingerprint density at radius 1 is 1.04 bits per heavy atom. The Kier molecular flexibility index (Phi) is 4.80. The fraction of sp³-hybridized carbons (Fsp3) is 0.300. The maximum Gasteiger partial charge on any atom is 0.242 e. The third-order valence-corrected chi connectivity index (χ3v) is 6.22. The van der Waals surface area contributed by atoms with Gasteiger partial charge in [0.15, 0.2) is 0 Å². The minimum Gasteiger partial charge on any atom is -0.338 e. The first kappa shape index (κ1) is 17.9. The predicted octanol–water partition coefficient (Wildman–Crippen LogP) is 3.40. The summed E-state index contributed by atoms with van der Waals surface area (Å²) >= 11 is 0. The van der Waals surface area contributed by atoms with E-state index >= 15 is 0 Å². The molecule has 27 heavy (non-hydrogen) atoms. The van der Waals surface area contributed by atoms with E-state index in [1.54, 1.807) is 12.1 Å². The van der Waals surface area contributed by atoms with Crippen molar-refractivity contribution < 1.29 is 12.9 Å². The first-order valence-electron chi connectivity index (χ1n) is 9.02. The molecule has 1 heterocycles. The van der Waals surface area contributed by atoms with Crippen molar-refractivity contribution >= 4 is 10.0 Å². The Morgan fingerprint density at radius 3 is 2.56 bits per heavy atom. The van der Waals surface area contributed by atoms with Gasteiger partial charge < -0.3 is 4.52 Å². The lowest BCUT2D eigenvalue weighted by Gasteiger charge is -2.16. The van der Waals surface area contributed by atoms with Crippen LogP contribution in [0.2, 0.25) is 0 Å². The van der Waals surface area contributed by atoms with Crippen molar-refractivity contribution in [3.05, 3.63) is 65.0 Å². The number of nitrogens with one attached hydrogen (secondary N) is 1. The quantitative estimate of drug-likeness (QED) is 0.730. The number of benzene rings is 2. The van der Waals surface area contributed by atoms with Crippen molar-refractivity contribution in [3.8, 4) is 11.4 Å². The SMILES string of the molecule is Cc1ccc(-c2noc(CNS(=O)(=O)c3ccc4c(c3)CCCC4)n2)cc1. The number of hydrogen-bond donors (Lipinski definition) is 1. The molecule has 0 spiro atoms. The number of rotatable bonds is 5. The number of aromatic nitrogens is 2. The molecule has 0 atom stereocenters.